The van der Waals surface area contributed by atoms with Gasteiger partial charge in [-0.25, -0.2) is 18.2 Å². The lowest BCUT2D eigenvalue weighted by Gasteiger charge is -2.21. The monoisotopic (exact) mass is 403 g/mol. The molecule has 0 radical (unpaired) electrons. The van der Waals surface area contributed by atoms with Gasteiger partial charge in [-0.05, 0) is 48.1 Å². The van der Waals surface area contributed by atoms with Crippen LogP contribution in [0, 0.1) is 5.82 Å². The highest BCUT2D eigenvalue weighted by Gasteiger charge is 2.49. The maximum absolute atomic E-state index is 13.8. The number of amides is 2. The van der Waals surface area contributed by atoms with Crippen molar-refractivity contribution in [2.75, 3.05) is 6.54 Å². The summed E-state index contributed by atoms with van der Waals surface area (Å²) in [4.78, 5) is 29.7. The molecule has 2 fully saturated rings. The molecule has 1 atom stereocenters. The van der Waals surface area contributed by atoms with Crippen molar-refractivity contribution < 1.29 is 22.8 Å². The van der Waals surface area contributed by atoms with Crippen molar-refractivity contribution in [3.05, 3.63) is 64.7 Å². The summed E-state index contributed by atoms with van der Waals surface area (Å²) in [5, 5.41) is 0. The molecular formula is C21H20F3N3O2. The second kappa shape index (κ2) is 7.17. The molecule has 1 aliphatic carbocycles. The predicted octanol–water partition coefficient (Wildman–Crippen LogP) is 3.02. The summed E-state index contributed by atoms with van der Waals surface area (Å²) in [5.74, 6) is -4.86. The number of carbonyl (C=O) groups is 2. The zero-order valence-electron chi connectivity index (χ0n) is 15.6. The Morgan fingerprint density at radius 2 is 1.83 bits per heavy atom. The Kier molecular flexibility index (Phi) is 4.80. The molecule has 4 rings (SSSR count). The van der Waals surface area contributed by atoms with Gasteiger partial charge in [0.25, 0.3) is 11.8 Å². The molecule has 152 valence electrons. The van der Waals surface area contributed by atoms with E-state index in [4.69, 9.17) is 5.73 Å². The Bertz CT molecular complexity index is 958. The van der Waals surface area contributed by atoms with Crippen molar-refractivity contribution in [1.29, 1.82) is 0 Å². The Balaban J connectivity index is 1.64. The largest absolute Gasteiger partial charge is 0.368 e. The quantitative estimate of drug-likeness (QED) is 0.834. The number of halogens is 3. The number of hydrogen-bond acceptors (Lipinski definition) is 3. The van der Waals surface area contributed by atoms with Crippen LogP contribution in [-0.4, -0.2) is 40.2 Å². The lowest BCUT2D eigenvalue weighted by Crippen LogP contribution is -2.44. The second-order valence-corrected chi connectivity index (χ2v) is 7.72. The van der Waals surface area contributed by atoms with Crippen molar-refractivity contribution >= 4 is 11.8 Å². The number of primary amides is 1. The molecule has 1 aromatic carbocycles. The van der Waals surface area contributed by atoms with E-state index >= 15 is 0 Å². The van der Waals surface area contributed by atoms with E-state index in [1.807, 2.05) is 0 Å². The van der Waals surface area contributed by atoms with Crippen molar-refractivity contribution in [2.45, 2.75) is 43.6 Å². The van der Waals surface area contributed by atoms with Crippen LogP contribution in [0.15, 0.2) is 36.4 Å². The van der Waals surface area contributed by atoms with Gasteiger partial charge in [0.05, 0.1) is 6.54 Å². The zero-order chi connectivity index (χ0) is 20.8. The van der Waals surface area contributed by atoms with E-state index in [1.54, 1.807) is 18.2 Å². The first-order valence-electron chi connectivity index (χ1n) is 9.46. The molecule has 1 unspecified atom stereocenters. The van der Waals surface area contributed by atoms with Gasteiger partial charge >= 0.3 is 0 Å². The summed E-state index contributed by atoms with van der Waals surface area (Å²) in [6.07, 6.45) is 1.65. The molecule has 2 aliphatic rings. The average molecular weight is 403 g/mol. The summed E-state index contributed by atoms with van der Waals surface area (Å²) in [6, 6.07) is 7.94. The Morgan fingerprint density at radius 1 is 1.14 bits per heavy atom. The van der Waals surface area contributed by atoms with Crippen LogP contribution in [0.3, 0.4) is 0 Å². The molecule has 1 saturated heterocycles. The molecule has 1 saturated carbocycles. The number of aromatic nitrogens is 1. The molecule has 5 nitrogen and oxygen atoms in total. The lowest BCUT2D eigenvalue weighted by molar-refractivity contribution is -0.121. The third kappa shape index (κ3) is 4.11. The maximum atomic E-state index is 13.8. The number of hydrogen-bond donors (Lipinski definition) is 1. The van der Waals surface area contributed by atoms with Gasteiger partial charge in [-0.3, -0.25) is 9.59 Å². The molecule has 1 aliphatic heterocycles. The molecule has 0 spiro atoms. The van der Waals surface area contributed by atoms with E-state index in [-0.39, 0.29) is 11.5 Å². The molecule has 0 bridgehead atoms. The van der Waals surface area contributed by atoms with Crippen LogP contribution in [0.1, 0.15) is 52.5 Å². The number of pyridine rings is 1. The smallest absolute Gasteiger partial charge is 0.273 e. The van der Waals surface area contributed by atoms with Gasteiger partial charge in [0.2, 0.25) is 5.91 Å². The minimum absolute atomic E-state index is 0.00420. The van der Waals surface area contributed by atoms with Gasteiger partial charge in [-0.15, -0.1) is 0 Å². The Hall–Kier alpha value is -2.90. The minimum Gasteiger partial charge on any atom is -0.368 e. The van der Waals surface area contributed by atoms with E-state index < -0.39 is 36.7 Å². The second-order valence-electron chi connectivity index (χ2n) is 7.72. The molecule has 2 N–H and O–H groups in total. The third-order valence-corrected chi connectivity index (χ3v) is 5.39. The van der Waals surface area contributed by atoms with Crippen LogP contribution >= 0.6 is 0 Å². The predicted molar refractivity (Wildman–Crippen MR) is 99.0 cm³/mol. The first-order chi connectivity index (χ1) is 13.7. The number of carbonyl (C=O) groups excluding carboxylic acids is 2. The van der Waals surface area contributed by atoms with E-state index in [2.05, 4.69) is 4.98 Å². The normalized spacial score (nSPS) is 20.7. The third-order valence-electron chi connectivity index (χ3n) is 5.39. The minimum atomic E-state index is -3.17. The Morgan fingerprint density at radius 3 is 2.45 bits per heavy atom. The topological polar surface area (TPSA) is 76.3 Å². The summed E-state index contributed by atoms with van der Waals surface area (Å²) in [5.41, 5.74) is 7.71. The van der Waals surface area contributed by atoms with E-state index in [0.717, 1.165) is 28.9 Å². The van der Waals surface area contributed by atoms with Gasteiger partial charge in [0.15, 0.2) is 0 Å². The molecule has 2 heterocycles. The van der Waals surface area contributed by atoms with Crippen LogP contribution in [0.5, 0.6) is 0 Å². The standard InChI is InChI=1S/C21H20F3N3O2/c22-14-5-1-12(2-6-14)9-17-15(13-3-4-13)7-8-16(26-17)20(29)27-11-21(23,24)10-18(27)19(25)28/h1-2,5-8,13,18H,3-4,9-11H2,(H2,25,28). The average Bonchev–Trinajstić information content (AvgIpc) is 3.45. The van der Waals surface area contributed by atoms with Crippen LogP contribution in [0.25, 0.3) is 0 Å². The van der Waals surface area contributed by atoms with Crippen molar-refractivity contribution in [1.82, 2.24) is 9.88 Å². The fourth-order valence-electron chi connectivity index (χ4n) is 3.77. The molecule has 1 aromatic heterocycles. The molecule has 8 heteroatoms. The highest BCUT2D eigenvalue weighted by Crippen LogP contribution is 2.42. The van der Waals surface area contributed by atoms with Crippen molar-refractivity contribution in [3.63, 3.8) is 0 Å². The molecule has 2 amide bonds. The van der Waals surface area contributed by atoms with Crippen LogP contribution in [0.4, 0.5) is 13.2 Å². The maximum Gasteiger partial charge on any atom is 0.273 e. The van der Waals surface area contributed by atoms with Crippen LogP contribution < -0.4 is 5.73 Å². The highest BCUT2D eigenvalue weighted by molar-refractivity contribution is 5.96. The van der Waals surface area contributed by atoms with Crippen LogP contribution in [0.2, 0.25) is 0 Å². The Labute approximate surface area is 165 Å². The van der Waals surface area contributed by atoms with Gasteiger partial charge in [-0.1, -0.05) is 18.2 Å². The molecule has 2 aromatic rings. The number of benzene rings is 1. The van der Waals surface area contributed by atoms with Gasteiger partial charge in [0, 0.05) is 18.5 Å². The number of nitrogens with zero attached hydrogens (tertiary/aromatic N) is 2. The van der Waals surface area contributed by atoms with E-state index in [0.29, 0.717) is 18.0 Å². The molecular weight excluding hydrogens is 383 g/mol. The first-order valence-corrected chi connectivity index (χ1v) is 9.46. The fraction of sp³-hybridized carbons (Fsp3) is 0.381. The number of alkyl halides is 2. The lowest BCUT2D eigenvalue weighted by atomic mass is 10.0. The number of rotatable bonds is 5. The highest BCUT2D eigenvalue weighted by atomic mass is 19.3. The zero-order valence-corrected chi connectivity index (χ0v) is 15.6. The summed E-state index contributed by atoms with van der Waals surface area (Å²) < 4.78 is 40.8. The van der Waals surface area contributed by atoms with Gasteiger partial charge in [0.1, 0.15) is 17.6 Å². The van der Waals surface area contributed by atoms with E-state index in [9.17, 15) is 22.8 Å². The SMILES string of the molecule is NC(=O)C1CC(F)(F)CN1C(=O)c1ccc(C2CC2)c(Cc2ccc(F)cc2)n1. The van der Waals surface area contributed by atoms with Crippen LogP contribution in [-0.2, 0) is 11.2 Å². The van der Waals surface area contributed by atoms with Gasteiger partial charge < -0.3 is 10.6 Å². The summed E-state index contributed by atoms with van der Waals surface area (Å²) in [7, 11) is 0. The summed E-state index contributed by atoms with van der Waals surface area (Å²) >= 11 is 0. The number of nitrogens with two attached hydrogens (primary N) is 1. The summed E-state index contributed by atoms with van der Waals surface area (Å²) in [6.45, 7) is -0.862. The molecule has 29 heavy (non-hydrogen) atoms. The van der Waals surface area contributed by atoms with Crippen molar-refractivity contribution in [2.24, 2.45) is 5.73 Å². The van der Waals surface area contributed by atoms with Crippen molar-refractivity contribution in [3.8, 4) is 0 Å². The van der Waals surface area contributed by atoms with E-state index in [1.165, 1.54) is 18.2 Å². The first kappa shape index (κ1) is 19.4. The number of likely N-dealkylation sites (tertiary alicyclic amines) is 1. The van der Waals surface area contributed by atoms with Gasteiger partial charge in [-0.2, -0.15) is 0 Å². The fourth-order valence-corrected chi connectivity index (χ4v) is 3.77.